The molecule has 2 atom stereocenters. The van der Waals surface area contributed by atoms with Crippen LogP contribution in [-0.2, 0) is 0 Å². The molecule has 2 unspecified atom stereocenters. The van der Waals surface area contributed by atoms with E-state index in [0.29, 0.717) is 6.04 Å². The van der Waals surface area contributed by atoms with Gasteiger partial charge in [0.25, 0.3) is 0 Å². The highest BCUT2D eigenvalue weighted by atomic mass is 14.9. The van der Waals surface area contributed by atoms with Crippen molar-refractivity contribution < 1.29 is 0 Å². The predicted octanol–water partition coefficient (Wildman–Crippen LogP) is 3.37. The minimum Gasteiger partial charge on any atom is -0.314 e. The first kappa shape index (κ1) is 12.7. The first-order valence-corrected chi connectivity index (χ1v) is 5.58. The monoisotopic (exact) mass is 183 g/mol. The van der Waals surface area contributed by atoms with Gasteiger partial charge < -0.3 is 5.32 Å². The molecule has 0 saturated heterocycles. The van der Waals surface area contributed by atoms with E-state index in [9.17, 15) is 0 Å². The van der Waals surface area contributed by atoms with Crippen molar-refractivity contribution in [2.75, 3.05) is 6.54 Å². The highest BCUT2D eigenvalue weighted by Crippen LogP contribution is 2.14. The van der Waals surface area contributed by atoms with E-state index in [1.807, 2.05) is 6.08 Å². The summed E-state index contributed by atoms with van der Waals surface area (Å²) >= 11 is 0. The molecule has 1 heteroatoms. The van der Waals surface area contributed by atoms with Crippen LogP contribution in [0.2, 0.25) is 0 Å². The normalized spacial score (nSPS) is 15.3. The first-order valence-electron chi connectivity index (χ1n) is 5.58. The molecule has 0 spiro atoms. The fourth-order valence-electron chi connectivity index (χ4n) is 1.85. The molecule has 0 radical (unpaired) electrons. The van der Waals surface area contributed by atoms with Crippen LogP contribution in [0.3, 0.4) is 0 Å². The van der Waals surface area contributed by atoms with Gasteiger partial charge in [0.2, 0.25) is 0 Å². The van der Waals surface area contributed by atoms with E-state index in [2.05, 4.69) is 32.7 Å². The van der Waals surface area contributed by atoms with Crippen molar-refractivity contribution in [3.63, 3.8) is 0 Å². The zero-order valence-electron chi connectivity index (χ0n) is 9.47. The van der Waals surface area contributed by atoms with Crippen molar-refractivity contribution >= 4 is 0 Å². The van der Waals surface area contributed by atoms with Gasteiger partial charge in [-0.25, -0.2) is 0 Å². The van der Waals surface area contributed by atoms with E-state index in [1.54, 1.807) is 0 Å². The van der Waals surface area contributed by atoms with Crippen LogP contribution >= 0.6 is 0 Å². The zero-order chi connectivity index (χ0) is 10.1. The Morgan fingerprint density at radius 3 is 2.54 bits per heavy atom. The Hall–Kier alpha value is -0.300. The van der Waals surface area contributed by atoms with Crippen LogP contribution in [-0.4, -0.2) is 12.6 Å². The summed E-state index contributed by atoms with van der Waals surface area (Å²) in [4.78, 5) is 0. The maximum absolute atomic E-state index is 3.80. The molecule has 0 aromatic carbocycles. The smallest absolute Gasteiger partial charge is 0.0104 e. The summed E-state index contributed by atoms with van der Waals surface area (Å²) in [7, 11) is 0. The Morgan fingerprint density at radius 1 is 1.38 bits per heavy atom. The lowest BCUT2D eigenvalue weighted by atomic mass is 9.95. The number of nitrogens with one attached hydrogen (secondary N) is 1. The van der Waals surface area contributed by atoms with Crippen LogP contribution in [0, 0.1) is 5.92 Å². The van der Waals surface area contributed by atoms with Gasteiger partial charge in [-0.2, -0.15) is 0 Å². The summed E-state index contributed by atoms with van der Waals surface area (Å²) < 4.78 is 0. The van der Waals surface area contributed by atoms with Crippen LogP contribution in [0.15, 0.2) is 12.7 Å². The summed E-state index contributed by atoms with van der Waals surface area (Å²) in [6, 6.07) is 0.643. The molecule has 0 amide bonds. The largest absolute Gasteiger partial charge is 0.314 e. The minimum absolute atomic E-state index is 0.643. The molecular weight excluding hydrogens is 158 g/mol. The molecule has 13 heavy (non-hydrogen) atoms. The fourth-order valence-corrected chi connectivity index (χ4v) is 1.85. The van der Waals surface area contributed by atoms with Crippen LogP contribution in [0.5, 0.6) is 0 Å². The quantitative estimate of drug-likeness (QED) is 0.569. The van der Waals surface area contributed by atoms with Gasteiger partial charge in [-0.05, 0) is 25.3 Å². The fraction of sp³-hybridized carbons (Fsp3) is 0.833. The second-order valence-electron chi connectivity index (χ2n) is 3.91. The van der Waals surface area contributed by atoms with Gasteiger partial charge in [0.15, 0.2) is 0 Å². The SMILES string of the molecule is C=CCC(CC(C)CCC)NCC. The lowest BCUT2D eigenvalue weighted by Crippen LogP contribution is -2.30. The minimum atomic E-state index is 0.643. The molecule has 1 N–H and O–H groups in total. The van der Waals surface area contributed by atoms with Gasteiger partial charge in [0.05, 0.1) is 0 Å². The second-order valence-corrected chi connectivity index (χ2v) is 3.91. The maximum Gasteiger partial charge on any atom is 0.0104 e. The molecule has 0 aromatic heterocycles. The van der Waals surface area contributed by atoms with Gasteiger partial charge in [0.1, 0.15) is 0 Å². The third-order valence-corrected chi connectivity index (χ3v) is 2.41. The molecule has 1 nitrogen and oxygen atoms in total. The standard InChI is InChI=1S/C12H25N/c1-5-8-11(4)10-12(9-6-2)13-7-3/h6,11-13H,2,5,7-10H2,1,3-4H3. The van der Waals surface area contributed by atoms with E-state index < -0.39 is 0 Å². The topological polar surface area (TPSA) is 12.0 Å². The average Bonchev–Trinajstić information content (AvgIpc) is 2.05. The third kappa shape index (κ3) is 6.83. The first-order chi connectivity index (χ1) is 6.24. The van der Waals surface area contributed by atoms with E-state index in [1.165, 1.54) is 19.3 Å². The Morgan fingerprint density at radius 2 is 2.08 bits per heavy atom. The summed E-state index contributed by atoms with van der Waals surface area (Å²) in [6.45, 7) is 11.6. The van der Waals surface area contributed by atoms with Crippen molar-refractivity contribution in [2.45, 2.75) is 52.5 Å². The number of hydrogen-bond acceptors (Lipinski definition) is 1. The van der Waals surface area contributed by atoms with Gasteiger partial charge >= 0.3 is 0 Å². The Labute approximate surface area is 83.6 Å². The van der Waals surface area contributed by atoms with Crippen molar-refractivity contribution in [3.05, 3.63) is 12.7 Å². The van der Waals surface area contributed by atoms with Gasteiger partial charge in [-0.15, -0.1) is 6.58 Å². The third-order valence-electron chi connectivity index (χ3n) is 2.41. The van der Waals surface area contributed by atoms with Gasteiger partial charge in [0, 0.05) is 6.04 Å². The molecule has 0 aromatic rings. The van der Waals surface area contributed by atoms with E-state index in [-0.39, 0.29) is 0 Å². The molecule has 0 saturated carbocycles. The Balaban J connectivity index is 3.71. The Kier molecular flexibility index (Phi) is 8.11. The number of rotatable bonds is 8. The van der Waals surface area contributed by atoms with Crippen molar-refractivity contribution in [3.8, 4) is 0 Å². The lowest BCUT2D eigenvalue weighted by molar-refractivity contribution is 0.389. The summed E-state index contributed by atoms with van der Waals surface area (Å²) in [6.07, 6.45) is 7.05. The van der Waals surface area contributed by atoms with Crippen molar-refractivity contribution in [1.29, 1.82) is 0 Å². The molecular formula is C12H25N. The van der Waals surface area contributed by atoms with Gasteiger partial charge in [-0.3, -0.25) is 0 Å². The molecule has 0 bridgehead atoms. The van der Waals surface area contributed by atoms with Crippen LogP contribution in [0.1, 0.15) is 46.5 Å². The van der Waals surface area contributed by atoms with Crippen LogP contribution in [0.4, 0.5) is 0 Å². The van der Waals surface area contributed by atoms with E-state index >= 15 is 0 Å². The average molecular weight is 183 g/mol. The number of hydrogen-bond donors (Lipinski definition) is 1. The lowest BCUT2D eigenvalue weighted by Gasteiger charge is -2.20. The predicted molar refractivity (Wildman–Crippen MR) is 61.0 cm³/mol. The molecule has 0 aliphatic rings. The zero-order valence-corrected chi connectivity index (χ0v) is 9.47. The molecule has 0 aliphatic heterocycles. The summed E-state index contributed by atoms with van der Waals surface area (Å²) in [5.41, 5.74) is 0. The Bertz CT molecular complexity index is 120. The highest BCUT2D eigenvalue weighted by molar-refractivity contribution is 4.79. The second kappa shape index (κ2) is 8.31. The summed E-state index contributed by atoms with van der Waals surface area (Å²) in [5, 5.41) is 3.50. The van der Waals surface area contributed by atoms with Crippen molar-refractivity contribution in [2.24, 2.45) is 5.92 Å². The molecule has 0 fully saturated rings. The molecule has 0 rings (SSSR count). The molecule has 0 aliphatic carbocycles. The molecule has 0 heterocycles. The highest BCUT2D eigenvalue weighted by Gasteiger charge is 2.09. The maximum atomic E-state index is 3.80. The summed E-state index contributed by atoms with van der Waals surface area (Å²) in [5.74, 6) is 0.842. The van der Waals surface area contributed by atoms with E-state index in [0.717, 1.165) is 18.9 Å². The van der Waals surface area contributed by atoms with Gasteiger partial charge in [-0.1, -0.05) is 39.7 Å². The van der Waals surface area contributed by atoms with Crippen molar-refractivity contribution in [1.82, 2.24) is 5.32 Å². The van der Waals surface area contributed by atoms with E-state index in [4.69, 9.17) is 0 Å². The van der Waals surface area contributed by atoms with Crippen LogP contribution < -0.4 is 5.32 Å². The van der Waals surface area contributed by atoms with Crippen LogP contribution in [0.25, 0.3) is 0 Å². The molecule has 78 valence electrons.